The van der Waals surface area contributed by atoms with Crippen LogP contribution < -0.4 is 19.2 Å². The van der Waals surface area contributed by atoms with E-state index in [0.717, 1.165) is 21.1 Å². The summed E-state index contributed by atoms with van der Waals surface area (Å²) < 4.78 is 57.4. The Morgan fingerprint density at radius 2 is 1.82 bits per heavy atom. The molecule has 4 aromatic rings. The lowest BCUT2D eigenvalue weighted by molar-refractivity contribution is -0.120. The average molecular weight is 575 g/mol. The van der Waals surface area contributed by atoms with Gasteiger partial charge < -0.3 is 10.2 Å². The summed E-state index contributed by atoms with van der Waals surface area (Å²) >= 11 is 1.43. The molecule has 0 radical (unpaired) electrons. The van der Waals surface area contributed by atoms with Crippen LogP contribution >= 0.6 is 11.3 Å². The molecule has 0 spiro atoms. The number of hydrogen-bond acceptors (Lipinski definition) is 7. The molecule has 39 heavy (non-hydrogen) atoms. The summed E-state index contributed by atoms with van der Waals surface area (Å²) in [5, 5.41) is 2.35. The van der Waals surface area contributed by atoms with Crippen LogP contribution in [0, 0.1) is 11.6 Å². The van der Waals surface area contributed by atoms with E-state index in [1.54, 1.807) is 36.7 Å². The van der Waals surface area contributed by atoms with E-state index < -0.39 is 39.8 Å². The van der Waals surface area contributed by atoms with E-state index >= 15 is 0 Å². The van der Waals surface area contributed by atoms with Gasteiger partial charge in [0.05, 0.1) is 27.6 Å². The number of nitrogens with one attached hydrogen (secondary N) is 2. The highest BCUT2D eigenvalue weighted by Crippen LogP contribution is 2.24. The number of aromatic nitrogens is 2. The number of hydrogen-bond donors (Lipinski definition) is 2. The minimum Gasteiger partial charge on any atom is -0.325 e. The van der Waals surface area contributed by atoms with E-state index in [1.807, 2.05) is 4.72 Å². The van der Waals surface area contributed by atoms with Crippen LogP contribution in [0.15, 0.2) is 66.4 Å². The topological polar surface area (TPSA) is 125 Å². The van der Waals surface area contributed by atoms with E-state index in [2.05, 4.69) is 15.3 Å². The van der Waals surface area contributed by atoms with Gasteiger partial charge in [-0.15, -0.1) is 11.3 Å². The van der Waals surface area contributed by atoms with Crippen molar-refractivity contribution in [1.82, 2.24) is 20.0 Å². The Hall–Kier alpha value is -4.17. The Morgan fingerprint density at radius 3 is 2.49 bits per heavy atom. The number of rotatable bonds is 9. The Morgan fingerprint density at radius 1 is 1.08 bits per heavy atom. The van der Waals surface area contributed by atoms with Gasteiger partial charge in [0.2, 0.25) is 5.91 Å². The fourth-order valence-corrected chi connectivity index (χ4v) is 5.72. The molecule has 0 aliphatic rings. The number of fused-ring (bicyclic) bond motifs is 1. The van der Waals surface area contributed by atoms with Crippen molar-refractivity contribution in [3.8, 4) is 0 Å². The molecule has 1 atom stereocenters. The summed E-state index contributed by atoms with van der Waals surface area (Å²) in [4.78, 5) is 35.8. The molecule has 10 nitrogen and oxygen atoms in total. The van der Waals surface area contributed by atoms with Gasteiger partial charge in [0.1, 0.15) is 17.7 Å². The summed E-state index contributed by atoms with van der Waals surface area (Å²) in [6.07, 6.45) is 2.47. The number of likely N-dealkylation sites (N-methyl/N-ethyl adjacent to an activating group) is 1. The van der Waals surface area contributed by atoms with E-state index in [9.17, 15) is 26.8 Å². The third-order valence-corrected chi connectivity index (χ3v) is 8.03. The second kappa shape index (κ2) is 11.7. The van der Waals surface area contributed by atoms with Gasteiger partial charge in [-0.05, 0) is 55.0 Å². The minimum atomic E-state index is -4.39. The molecule has 14 heteroatoms. The Balaban J connectivity index is 1.58. The normalized spacial score (nSPS) is 12.1. The van der Waals surface area contributed by atoms with E-state index in [4.69, 9.17) is 0 Å². The first kappa shape index (κ1) is 27.9. The van der Waals surface area contributed by atoms with Crippen LogP contribution in [-0.4, -0.2) is 50.0 Å². The standard InChI is InChI=1S/C25H24F2N6O4S2/c1-3-33(20-5-4-8-28-14-20)39(36,37)31-25(35)30-22(11-16-9-17(26)12-18(27)10-16)24(34)32(2)19-6-7-23-21(13-19)29-15-38-23/h4-10,12-15,22H,3,11H2,1-2H3,(H2,30,31,35). The van der Waals surface area contributed by atoms with Crippen molar-refractivity contribution in [3.05, 3.63) is 83.6 Å². The zero-order valence-electron chi connectivity index (χ0n) is 20.8. The summed E-state index contributed by atoms with van der Waals surface area (Å²) in [6, 6.07) is 8.36. The number of thiazole rings is 1. The number of carbonyl (C=O) groups is 2. The third-order valence-electron chi connectivity index (χ3n) is 5.73. The SMILES string of the molecule is CCN(c1cccnc1)S(=O)(=O)NC(=O)NC(Cc1cc(F)cc(F)c1)C(=O)N(C)c1ccc2scnc2c1. The first-order chi connectivity index (χ1) is 18.6. The fraction of sp³-hybridized carbons (Fsp3) is 0.200. The van der Waals surface area contributed by atoms with Gasteiger partial charge in [0.15, 0.2) is 0 Å². The van der Waals surface area contributed by atoms with Crippen LogP contribution in [-0.2, 0) is 21.4 Å². The van der Waals surface area contributed by atoms with Crippen LogP contribution in [0.4, 0.5) is 25.0 Å². The van der Waals surface area contributed by atoms with E-state index in [0.29, 0.717) is 17.3 Å². The molecule has 0 saturated heterocycles. The molecule has 0 aliphatic heterocycles. The molecule has 0 bridgehead atoms. The first-order valence-corrected chi connectivity index (χ1v) is 14.0. The van der Waals surface area contributed by atoms with Crippen molar-refractivity contribution in [2.75, 3.05) is 22.8 Å². The average Bonchev–Trinajstić information content (AvgIpc) is 3.35. The molecule has 3 amide bonds. The molecule has 2 N–H and O–H groups in total. The molecular weight excluding hydrogens is 550 g/mol. The molecule has 2 aromatic carbocycles. The predicted molar refractivity (Wildman–Crippen MR) is 145 cm³/mol. The zero-order valence-corrected chi connectivity index (χ0v) is 22.5. The number of anilines is 2. The quantitative estimate of drug-likeness (QED) is 0.315. The number of pyridine rings is 1. The zero-order chi connectivity index (χ0) is 28.2. The summed E-state index contributed by atoms with van der Waals surface area (Å²) in [5.74, 6) is -2.37. The third kappa shape index (κ3) is 6.64. The van der Waals surface area contributed by atoms with Crippen LogP contribution in [0.25, 0.3) is 10.2 Å². The van der Waals surface area contributed by atoms with Crippen molar-refractivity contribution in [2.45, 2.75) is 19.4 Å². The van der Waals surface area contributed by atoms with Crippen molar-refractivity contribution >= 4 is 55.1 Å². The fourth-order valence-electron chi connectivity index (χ4n) is 3.93. The lowest BCUT2D eigenvalue weighted by atomic mass is 10.0. The number of benzene rings is 2. The predicted octanol–water partition coefficient (Wildman–Crippen LogP) is 3.61. The van der Waals surface area contributed by atoms with Crippen molar-refractivity contribution < 1.29 is 26.8 Å². The van der Waals surface area contributed by atoms with Gasteiger partial charge in [0.25, 0.3) is 0 Å². The molecule has 0 fully saturated rings. The van der Waals surface area contributed by atoms with Crippen molar-refractivity contribution in [3.63, 3.8) is 0 Å². The maximum Gasteiger partial charge on any atom is 0.330 e. The first-order valence-electron chi connectivity index (χ1n) is 11.6. The number of amides is 3. The minimum absolute atomic E-state index is 0.0128. The molecule has 1 unspecified atom stereocenters. The van der Waals surface area contributed by atoms with Gasteiger partial charge in [0, 0.05) is 38.0 Å². The monoisotopic (exact) mass is 574 g/mol. The second-order valence-corrected chi connectivity index (χ2v) is 10.9. The van der Waals surface area contributed by atoms with Crippen molar-refractivity contribution in [2.24, 2.45) is 0 Å². The smallest absolute Gasteiger partial charge is 0.325 e. The van der Waals surface area contributed by atoms with Crippen molar-refractivity contribution in [1.29, 1.82) is 0 Å². The summed E-state index contributed by atoms with van der Waals surface area (Å²) in [5.41, 5.74) is 3.09. The van der Waals surface area contributed by atoms with E-state index in [-0.39, 0.29) is 24.2 Å². The lowest BCUT2D eigenvalue weighted by Gasteiger charge is -2.26. The van der Waals surface area contributed by atoms with Gasteiger partial charge in [-0.3, -0.25) is 14.1 Å². The number of halogens is 2. The van der Waals surface area contributed by atoms with Gasteiger partial charge in [-0.2, -0.15) is 8.42 Å². The highest BCUT2D eigenvalue weighted by Gasteiger charge is 2.29. The molecule has 204 valence electrons. The molecule has 4 rings (SSSR count). The maximum absolute atomic E-state index is 13.9. The second-order valence-electron chi connectivity index (χ2n) is 8.39. The molecule has 2 aromatic heterocycles. The van der Waals surface area contributed by atoms with Gasteiger partial charge in [-0.25, -0.2) is 23.3 Å². The van der Waals surface area contributed by atoms with Crippen LogP contribution in [0.3, 0.4) is 0 Å². The van der Waals surface area contributed by atoms with Crippen LogP contribution in [0.2, 0.25) is 0 Å². The molecule has 0 saturated carbocycles. The Labute approximate surface area is 227 Å². The van der Waals surface area contributed by atoms with Gasteiger partial charge >= 0.3 is 16.2 Å². The maximum atomic E-state index is 13.9. The molecule has 0 aliphatic carbocycles. The Bertz CT molecular complexity index is 1580. The largest absolute Gasteiger partial charge is 0.330 e. The lowest BCUT2D eigenvalue weighted by Crippen LogP contribution is -2.54. The number of nitrogens with zero attached hydrogens (tertiary/aromatic N) is 4. The van der Waals surface area contributed by atoms with Crippen LogP contribution in [0.1, 0.15) is 12.5 Å². The molecule has 2 heterocycles. The summed E-state index contributed by atoms with van der Waals surface area (Å²) in [6.45, 7) is 1.56. The Kier molecular flexibility index (Phi) is 8.35. The highest BCUT2D eigenvalue weighted by atomic mass is 32.2. The summed E-state index contributed by atoms with van der Waals surface area (Å²) in [7, 11) is -2.93. The van der Waals surface area contributed by atoms with Gasteiger partial charge in [-0.1, -0.05) is 0 Å². The highest BCUT2D eigenvalue weighted by molar-refractivity contribution is 7.91. The number of urea groups is 1. The van der Waals surface area contributed by atoms with E-state index in [1.165, 1.54) is 41.7 Å². The number of carbonyl (C=O) groups excluding carboxylic acids is 2. The van der Waals surface area contributed by atoms with Crippen LogP contribution in [0.5, 0.6) is 0 Å². The molecular formula is C25H24F2N6O4S2.